The standard InChI is InChI=1S/C25H22ClN3O3S/c1-15-8-11-19(12-9-15)33(31,32)28-25-23(21-7-5-6-16(2)24(21)29(25)4)27-22-14-18(26)10-13-20(22)17(3)30/h5-14H,1-4H3. The third-order valence-corrected chi connectivity index (χ3v) is 6.97. The Morgan fingerprint density at radius 2 is 1.70 bits per heavy atom. The van der Waals surface area contributed by atoms with Crippen LogP contribution in [0.4, 0.5) is 11.4 Å². The number of carbonyl (C=O) groups excluding carboxylic acids is 1. The van der Waals surface area contributed by atoms with E-state index in [1.165, 1.54) is 19.1 Å². The molecule has 0 saturated carbocycles. The minimum absolute atomic E-state index is 0.0909. The van der Waals surface area contributed by atoms with Crippen molar-refractivity contribution in [1.29, 1.82) is 0 Å². The molecule has 8 heteroatoms. The summed E-state index contributed by atoms with van der Waals surface area (Å²) in [5.74, 6) is 0.00181. The summed E-state index contributed by atoms with van der Waals surface area (Å²) >= 11 is 6.18. The molecule has 0 N–H and O–H groups in total. The van der Waals surface area contributed by atoms with Crippen LogP contribution in [0.25, 0.3) is 0 Å². The van der Waals surface area contributed by atoms with Crippen LogP contribution in [0.1, 0.15) is 34.0 Å². The summed E-state index contributed by atoms with van der Waals surface area (Å²) in [5.41, 5.74) is 4.52. The lowest BCUT2D eigenvalue weighted by molar-refractivity contribution is 0.101. The van der Waals surface area contributed by atoms with Crippen molar-refractivity contribution in [3.63, 3.8) is 0 Å². The molecular formula is C25H22ClN3O3S. The fourth-order valence-electron chi connectivity index (χ4n) is 3.79. The van der Waals surface area contributed by atoms with Crippen LogP contribution in [0.15, 0.2) is 74.9 Å². The number of fused-ring (bicyclic) bond motifs is 1. The molecule has 0 amide bonds. The molecule has 0 unspecified atom stereocenters. The first-order valence-corrected chi connectivity index (χ1v) is 12.0. The average Bonchev–Trinajstić information content (AvgIpc) is 3.00. The van der Waals surface area contributed by atoms with Gasteiger partial charge in [0.2, 0.25) is 0 Å². The van der Waals surface area contributed by atoms with E-state index in [9.17, 15) is 13.2 Å². The van der Waals surface area contributed by atoms with Crippen LogP contribution in [0.2, 0.25) is 5.02 Å². The van der Waals surface area contributed by atoms with Crippen molar-refractivity contribution in [2.24, 2.45) is 9.39 Å². The summed E-state index contributed by atoms with van der Waals surface area (Å²) in [7, 11) is -2.26. The number of anilines is 1. The summed E-state index contributed by atoms with van der Waals surface area (Å²) in [5, 5.41) is 0.418. The lowest BCUT2D eigenvalue weighted by atomic mass is 10.1. The smallest absolute Gasteiger partial charge is 0.284 e. The van der Waals surface area contributed by atoms with Crippen LogP contribution in [0, 0.1) is 13.8 Å². The normalized spacial score (nSPS) is 15.8. The molecule has 6 nitrogen and oxygen atoms in total. The van der Waals surface area contributed by atoms with Gasteiger partial charge in [-0.1, -0.05) is 47.5 Å². The summed E-state index contributed by atoms with van der Waals surface area (Å²) in [6.07, 6.45) is 0. The topological polar surface area (TPSA) is 79.2 Å². The minimum Gasteiger partial charge on any atom is -0.326 e. The molecule has 0 atom stereocenters. The van der Waals surface area contributed by atoms with Crippen molar-refractivity contribution < 1.29 is 13.2 Å². The van der Waals surface area contributed by atoms with Crippen molar-refractivity contribution in [3.8, 4) is 0 Å². The third kappa shape index (κ3) is 4.34. The number of hydrogen-bond acceptors (Lipinski definition) is 4. The maximum atomic E-state index is 13.2. The molecule has 4 rings (SSSR count). The van der Waals surface area contributed by atoms with E-state index in [2.05, 4.69) is 4.40 Å². The van der Waals surface area contributed by atoms with E-state index >= 15 is 0 Å². The van der Waals surface area contributed by atoms with Crippen LogP contribution in [0.3, 0.4) is 0 Å². The number of nitrogens with zero attached hydrogens (tertiary/aromatic N) is 3. The van der Waals surface area contributed by atoms with Gasteiger partial charge >= 0.3 is 0 Å². The largest absolute Gasteiger partial charge is 0.326 e. The second kappa shape index (κ2) is 8.57. The Hall–Kier alpha value is -3.29. The van der Waals surface area contributed by atoms with E-state index in [-0.39, 0.29) is 16.5 Å². The van der Waals surface area contributed by atoms with E-state index in [1.54, 1.807) is 42.3 Å². The van der Waals surface area contributed by atoms with Gasteiger partial charge in [-0.25, -0.2) is 4.99 Å². The van der Waals surface area contributed by atoms with E-state index in [0.717, 1.165) is 22.4 Å². The molecule has 1 aliphatic rings. The highest BCUT2D eigenvalue weighted by molar-refractivity contribution is 7.90. The number of para-hydroxylation sites is 1. The molecule has 0 aliphatic carbocycles. The molecule has 33 heavy (non-hydrogen) atoms. The average molecular weight is 480 g/mol. The molecule has 0 saturated heterocycles. The predicted molar refractivity (Wildman–Crippen MR) is 133 cm³/mol. The van der Waals surface area contributed by atoms with Gasteiger partial charge < -0.3 is 4.90 Å². The predicted octanol–water partition coefficient (Wildman–Crippen LogP) is 5.52. The van der Waals surface area contributed by atoms with Gasteiger partial charge in [0.25, 0.3) is 10.0 Å². The maximum Gasteiger partial charge on any atom is 0.284 e. The van der Waals surface area contributed by atoms with Crippen LogP contribution >= 0.6 is 11.6 Å². The quantitative estimate of drug-likeness (QED) is 0.461. The number of hydrogen-bond donors (Lipinski definition) is 0. The van der Waals surface area contributed by atoms with Gasteiger partial charge in [0, 0.05) is 23.2 Å². The van der Waals surface area contributed by atoms with E-state index in [1.807, 2.05) is 32.0 Å². The lowest BCUT2D eigenvalue weighted by Gasteiger charge is -2.15. The molecule has 0 bridgehead atoms. The SMILES string of the molecule is CC(=O)c1ccc(Cl)cc1N=C1C(=NS(=O)(=O)c2ccc(C)cc2)N(C)c2c(C)cccc21. The number of aliphatic imine (C=N–C) groups is 1. The Labute approximate surface area is 198 Å². The summed E-state index contributed by atoms with van der Waals surface area (Å²) in [6, 6.07) is 17.0. The van der Waals surface area contributed by atoms with Crippen molar-refractivity contribution in [2.75, 3.05) is 11.9 Å². The van der Waals surface area contributed by atoms with Gasteiger partial charge in [-0.15, -0.1) is 4.40 Å². The zero-order chi connectivity index (χ0) is 23.9. The Morgan fingerprint density at radius 1 is 1.00 bits per heavy atom. The summed E-state index contributed by atoms with van der Waals surface area (Å²) in [4.78, 5) is 18.7. The third-order valence-electron chi connectivity index (χ3n) is 5.45. The maximum absolute atomic E-state index is 13.2. The Morgan fingerprint density at radius 3 is 2.36 bits per heavy atom. The number of sulfonamides is 1. The van der Waals surface area contributed by atoms with Crippen LogP contribution < -0.4 is 4.90 Å². The van der Waals surface area contributed by atoms with E-state index < -0.39 is 10.0 Å². The monoisotopic (exact) mass is 479 g/mol. The highest BCUT2D eigenvalue weighted by Crippen LogP contribution is 2.35. The van der Waals surface area contributed by atoms with Crippen molar-refractivity contribution in [3.05, 3.63) is 87.9 Å². The van der Waals surface area contributed by atoms with Gasteiger partial charge in [0.1, 0.15) is 5.71 Å². The molecule has 0 fully saturated rings. The molecule has 0 spiro atoms. The number of carbonyl (C=O) groups is 1. The van der Waals surface area contributed by atoms with Gasteiger partial charge in [-0.2, -0.15) is 8.42 Å². The number of likely N-dealkylation sites (N-methyl/N-ethyl adjacent to an activating group) is 1. The number of ketones is 1. The van der Waals surface area contributed by atoms with E-state index in [0.29, 0.717) is 22.0 Å². The number of aryl methyl sites for hydroxylation is 2. The van der Waals surface area contributed by atoms with Gasteiger partial charge in [-0.05, 0) is 56.7 Å². The van der Waals surface area contributed by atoms with E-state index in [4.69, 9.17) is 16.6 Å². The van der Waals surface area contributed by atoms with Crippen molar-refractivity contribution in [2.45, 2.75) is 25.7 Å². The van der Waals surface area contributed by atoms with Gasteiger partial charge in [-0.3, -0.25) is 4.79 Å². The van der Waals surface area contributed by atoms with Crippen LogP contribution in [-0.4, -0.2) is 32.8 Å². The first kappa shape index (κ1) is 22.9. The summed E-state index contributed by atoms with van der Waals surface area (Å²) in [6.45, 7) is 5.27. The zero-order valence-electron chi connectivity index (χ0n) is 18.6. The van der Waals surface area contributed by atoms with Gasteiger partial charge in [0.05, 0.1) is 16.3 Å². The fourth-order valence-corrected chi connectivity index (χ4v) is 4.98. The molecule has 1 heterocycles. The molecule has 0 aromatic heterocycles. The molecule has 3 aromatic rings. The number of Topliss-reactive ketones (excluding diaryl/α,β-unsaturated/α-hetero) is 1. The Bertz CT molecular complexity index is 1440. The van der Waals surface area contributed by atoms with Crippen molar-refractivity contribution in [1.82, 2.24) is 0 Å². The number of halogens is 1. The molecule has 0 radical (unpaired) electrons. The highest BCUT2D eigenvalue weighted by atomic mass is 35.5. The second-order valence-corrected chi connectivity index (χ2v) is 9.95. The summed E-state index contributed by atoms with van der Waals surface area (Å²) < 4.78 is 30.5. The molecule has 3 aromatic carbocycles. The minimum atomic E-state index is -4.01. The molecular weight excluding hydrogens is 458 g/mol. The second-order valence-electron chi connectivity index (χ2n) is 7.91. The number of rotatable bonds is 4. The Kier molecular flexibility index (Phi) is 5.95. The van der Waals surface area contributed by atoms with Gasteiger partial charge in [0.15, 0.2) is 11.6 Å². The molecule has 168 valence electrons. The highest BCUT2D eigenvalue weighted by Gasteiger charge is 2.33. The molecule has 1 aliphatic heterocycles. The van der Waals surface area contributed by atoms with Crippen LogP contribution in [-0.2, 0) is 10.0 Å². The fraction of sp³-hybridized carbons (Fsp3) is 0.160. The Balaban J connectivity index is 1.97. The first-order valence-electron chi connectivity index (χ1n) is 10.2. The van der Waals surface area contributed by atoms with Crippen LogP contribution in [0.5, 0.6) is 0 Å². The lowest BCUT2D eigenvalue weighted by Crippen LogP contribution is -2.28. The number of amidine groups is 1. The van der Waals surface area contributed by atoms with Crippen molar-refractivity contribution >= 4 is 50.3 Å². The first-order chi connectivity index (χ1) is 15.6. The zero-order valence-corrected chi connectivity index (χ0v) is 20.2. The number of benzene rings is 3.